The van der Waals surface area contributed by atoms with Gasteiger partial charge >= 0.3 is 14.0 Å². The molecule has 0 saturated heterocycles. The Kier molecular flexibility index (Phi) is 13.6. The number of carbonyl (C=O) groups is 1. The summed E-state index contributed by atoms with van der Waals surface area (Å²) in [7, 11) is -5.91. The van der Waals surface area contributed by atoms with E-state index in [1.807, 2.05) is 31.2 Å². The van der Waals surface area contributed by atoms with Gasteiger partial charge in [0.25, 0.3) is 10.0 Å². The standard InChI is InChI=1S/C20H27NO2P.C18H15BrClNO4S/c1-14(2)19-8-7-15(3)12-20(19)23-24(22)18-11-16(4)10-17(13-18)6-5-9-21;1-3-25-18(22)17-16(19)15-11(2)13(20)9-10-14(15)21(17)26(23,24)12-7-5-4-6-8-12/h5-6,10-11,13-15,19-20H,7-8,12H2,1-4H3;4-10H,3H2,1-2H3/q+1;/b6-5+;. The van der Waals surface area contributed by atoms with Gasteiger partial charge in [-0.3, -0.25) is 0 Å². The van der Waals surface area contributed by atoms with Gasteiger partial charge in [-0.05, 0) is 125 Å². The summed E-state index contributed by atoms with van der Waals surface area (Å²) in [6.07, 6.45) is 6.60. The van der Waals surface area contributed by atoms with Crippen molar-refractivity contribution in [2.45, 2.75) is 71.8 Å². The van der Waals surface area contributed by atoms with E-state index < -0.39 is 24.0 Å². The van der Waals surface area contributed by atoms with Crippen molar-refractivity contribution in [2.24, 2.45) is 17.8 Å². The summed E-state index contributed by atoms with van der Waals surface area (Å²) in [6, 6.07) is 18.9. The second-order valence-corrected chi connectivity index (χ2v) is 17.1. The van der Waals surface area contributed by atoms with Crippen LogP contribution in [0.3, 0.4) is 0 Å². The molecule has 1 heterocycles. The number of hydrogen-bond donors (Lipinski definition) is 0. The predicted octanol–water partition coefficient (Wildman–Crippen LogP) is 10.2. The summed E-state index contributed by atoms with van der Waals surface area (Å²) >= 11 is 9.58. The average Bonchev–Trinajstić information content (AvgIpc) is 3.39. The molecule has 0 amide bonds. The van der Waals surface area contributed by atoms with Crippen molar-refractivity contribution in [3.8, 4) is 6.07 Å². The normalized spacial score (nSPS) is 18.1. The van der Waals surface area contributed by atoms with Gasteiger partial charge < -0.3 is 4.74 Å². The number of esters is 1. The third-order valence-corrected chi connectivity index (χ3v) is 12.9. The molecule has 1 aliphatic rings. The fraction of sp³-hybridized carbons (Fsp3) is 0.368. The van der Waals surface area contributed by atoms with E-state index in [2.05, 4.69) is 36.7 Å². The van der Waals surface area contributed by atoms with Crippen LogP contribution in [0.1, 0.15) is 74.1 Å². The van der Waals surface area contributed by atoms with Gasteiger partial charge in [0.05, 0.1) is 27.6 Å². The molecule has 4 atom stereocenters. The molecule has 3 aromatic carbocycles. The largest absolute Gasteiger partial charge is 0.549 e. The number of aryl methyl sites for hydroxylation is 2. The topological polar surface area (TPSA) is 115 Å². The smallest absolute Gasteiger partial charge is 0.461 e. The van der Waals surface area contributed by atoms with Gasteiger partial charge in [0.2, 0.25) is 5.30 Å². The van der Waals surface area contributed by atoms with E-state index in [1.54, 1.807) is 50.3 Å². The molecule has 5 rings (SSSR count). The third-order valence-electron chi connectivity index (χ3n) is 8.81. The molecule has 4 unspecified atom stereocenters. The number of nitrogens with zero attached hydrogens (tertiary/aromatic N) is 2. The molecule has 1 aromatic heterocycles. The molecular formula is C38H42BrClN2O6PS+. The molecule has 1 fully saturated rings. The summed E-state index contributed by atoms with van der Waals surface area (Å²) in [6.45, 7) is 12.2. The van der Waals surface area contributed by atoms with Crippen LogP contribution in [0.2, 0.25) is 5.02 Å². The van der Waals surface area contributed by atoms with Gasteiger partial charge in [0.1, 0.15) is 6.10 Å². The summed E-state index contributed by atoms with van der Waals surface area (Å²) in [5.74, 6) is 0.908. The number of halogens is 2. The number of aromatic nitrogens is 1. The maximum Gasteiger partial charge on any atom is 0.549 e. The molecule has 8 nitrogen and oxygen atoms in total. The maximum atomic E-state index is 13.3. The number of carbonyl (C=O) groups excluding carboxylic acids is 1. The molecule has 0 aliphatic heterocycles. The van der Waals surface area contributed by atoms with Gasteiger partial charge in [-0.15, -0.1) is 4.52 Å². The monoisotopic (exact) mass is 799 g/mol. The molecule has 0 bridgehead atoms. The van der Waals surface area contributed by atoms with E-state index in [1.165, 1.54) is 24.6 Å². The van der Waals surface area contributed by atoms with E-state index in [4.69, 9.17) is 26.1 Å². The molecular weight excluding hydrogens is 759 g/mol. The average molecular weight is 801 g/mol. The lowest BCUT2D eigenvalue weighted by molar-refractivity contribution is 0.0516. The van der Waals surface area contributed by atoms with Crippen LogP contribution in [-0.2, 0) is 23.8 Å². The van der Waals surface area contributed by atoms with Gasteiger partial charge in [0, 0.05) is 22.6 Å². The first-order valence-electron chi connectivity index (χ1n) is 16.5. The fourth-order valence-corrected chi connectivity index (χ4v) is 10.1. The number of fused-ring (bicyclic) bond motifs is 1. The lowest BCUT2D eigenvalue weighted by Gasteiger charge is -2.33. The van der Waals surface area contributed by atoms with Gasteiger partial charge in [-0.25, -0.2) is 17.2 Å². The zero-order chi connectivity index (χ0) is 36.7. The van der Waals surface area contributed by atoms with Gasteiger partial charge in [0.15, 0.2) is 5.69 Å². The van der Waals surface area contributed by atoms with Crippen LogP contribution in [0, 0.1) is 42.9 Å². The van der Waals surface area contributed by atoms with Crippen LogP contribution in [0.5, 0.6) is 0 Å². The first-order valence-corrected chi connectivity index (χ1v) is 20.3. The fourth-order valence-electron chi connectivity index (χ4n) is 6.31. The molecule has 1 saturated carbocycles. The Morgan fingerprint density at radius 3 is 2.48 bits per heavy atom. The van der Waals surface area contributed by atoms with Crippen LogP contribution >= 0.6 is 35.6 Å². The number of nitriles is 1. The minimum atomic E-state index is -4.03. The van der Waals surface area contributed by atoms with Crippen molar-refractivity contribution in [1.29, 1.82) is 5.26 Å². The van der Waals surface area contributed by atoms with E-state index in [0.717, 1.165) is 27.9 Å². The zero-order valence-electron chi connectivity index (χ0n) is 29.0. The minimum absolute atomic E-state index is 0.0657. The van der Waals surface area contributed by atoms with Gasteiger partial charge in [-0.2, -0.15) is 5.26 Å². The van der Waals surface area contributed by atoms with Crippen molar-refractivity contribution in [3.05, 3.63) is 98.6 Å². The Hall–Kier alpha value is -3.32. The van der Waals surface area contributed by atoms with Gasteiger partial charge in [-0.1, -0.05) is 63.1 Å². The maximum absolute atomic E-state index is 13.3. The highest BCUT2D eigenvalue weighted by molar-refractivity contribution is 9.10. The Morgan fingerprint density at radius 1 is 1.14 bits per heavy atom. The molecule has 0 N–H and O–H groups in total. The molecule has 12 heteroatoms. The Balaban J connectivity index is 0.000000226. The Labute approximate surface area is 309 Å². The van der Waals surface area contributed by atoms with Crippen LogP contribution in [0.25, 0.3) is 17.0 Å². The quantitative estimate of drug-likeness (QED) is 0.0940. The minimum Gasteiger partial charge on any atom is -0.461 e. The molecule has 0 spiro atoms. The molecule has 0 radical (unpaired) electrons. The summed E-state index contributed by atoms with van der Waals surface area (Å²) < 4.78 is 51.9. The van der Waals surface area contributed by atoms with E-state index in [0.29, 0.717) is 49.0 Å². The lowest BCUT2D eigenvalue weighted by atomic mass is 9.75. The number of benzene rings is 3. The van der Waals surface area contributed by atoms with E-state index >= 15 is 0 Å². The molecule has 1 aliphatic carbocycles. The summed E-state index contributed by atoms with van der Waals surface area (Å²) in [4.78, 5) is 12.6. The Bertz CT molecular complexity index is 2060. The number of ether oxygens (including phenoxy) is 1. The van der Waals surface area contributed by atoms with E-state index in [-0.39, 0.29) is 23.3 Å². The zero-order valence-corrected chi connectivity index (χ0v) is 33.1. The summed E-state index contributed by atoms with van der Waals surface area (Å²) in [5.41, 5.74) is 2.84. The summed E-state index contributed by atoms with van der Waals surface area (Å²) in [5, 5.41) is 10.4. The molecule has 4 aromatic rings. The Morgan fingerprint density at radius 2 is 1.84 bits per heavy atom. The van der Waals surface area contributed by atoms with Crippen LogP contribution in [0.15, 0.2) is 76.1 Å². The molecule has 50 heavy (non-hydrogen) atoms. The van der Waals surface area contributed by atoms with Crippen LogP contribution < -0.4 is 5.30 Å². The lowest BCUT2D eigenvalue weighted by Crippen LogP contribution is -2.33. The number of allylic oxidation sites excluding steroid dienone is 1. The predicted molar refractivity (Wildman–Crippen MR) is 204 cm³/mol. The van der Waals surface area contributed by atoms with E-state index in [9.17, 15) is 17.8 Å². The van der Waals surface area contributed by atoms with Crippen molar-refractivity contribution >= 4 is 73.8 Å². The van der Waals surface area contributed by atoms with Crippen LogP contribution in [-0.4, -0.2) is 31.1 Å². The first kappa shape index (κ1) is 39.5. The number of rotatable bonds is 9. The van der Waals surface area contributed by atoms with Crippen molar-refractivity contribution in [2.75, 3.05) is 6.61 Å². The highest BCUT2D eigenvalue weighted by Crippen LogP contribution is 2.41. The van der Waals surface area contributed by atoms with Crippen molar-refractivity contribution in [1.82, 2.24) is 3.97 Å². The first-order chi connectivity index (χ1) is 23.7. The van der Waals surface area contributed by atoms with Crippen molar-refractivity contribution < 1.29 is 27.0 Å². The second kappa shape index (κ2) is 17.3. The second-order valence-electron chi connectivity index (χ2n) is 12.8. The van der Waals surface area contributed by atoms with Crippen molar-refractivity contribution in [3.63, 3.8) is 0 Å². The van der Waals surface area contributed by atoms with Crippen LogP contribution in [0.4, 0.5) is 0 Å². The third kappa shape index (κ3) is 8.93. The molecule has 264 valence electrons. The highest BCUT2D eigenvalue weighted by atomic mass is 79.9. The number of hydrogen-bond acceptors (Lipinski definition) is 7. The highest BCUT2D eigenvalue weighted by Gasteiger charge is 2.38. The SMILES string of the molecule is CCOC(=O)c1c(Br)c2c(C)c(Cl)ccc2n1S(=O)(=O)c1ccccc1.Cc1cc(/C=C/C#N)cc([P+](=O)OC2CC(C)CCC2C(C)C)c1.